The molecule has 21 nitrogen and oxygen atoms in total. The zero-order valence-corrected chi connectivity index (χ0v) is 68.1. The zero-order chi connectivity index (χ0) is 89.2. The number of alkyl halides is 9. The van der Waals surface area contributed by atoms with Gasteiger partial charge in [-0.05, 0) is 161 Å². The Morgan fingerprint density at radius 3 is 0.976 bits per heavy atom. The molecule has 3 amide bonds. The Balaban J connectivity index is 0.000000161. The van der Waals surface area contributed by atoms with E-state index in [1.54, 1.807) is 32.0 Å². The fourth-order valence-electron chi connectivity index (χ4n) is 14.1. The number of nitrogens with zero attached hydrogens (tertiary/aromatic N) is 12. The van der Waals surface area contributed by atoms with Crippen LogP contribution in [0, 0.1) is 66.8 Å². The number of amides is 3. The van der Waals surface area contributed by atoms with Gasteiger partial charge in [-0.1, -0.05) is 53.7 Å². The molecule has 0 unspecified atom stereocenters. The first-order chi connectivity index (χ1) is 59.5. The standard InChI is InChI=1S/2C31H28F4N6O.C30H26F4N6O/c2*1-19-20(5-8-26-27-14-24(32)6-3-21(27)16-38-29(26)36)13-23(17-37-19)30(42)39-25-7-4-22(28(15-25)31(33,34)35)18-41-11-9-40(2)10-12-41;1-39-8-10-40(11-9-39)18-21-4-6-24(14-27(21)30(32,33)34)38-29(41)22-12-19(15-36-16-22)2-7-25-26-13-23(31)5-3-20(26)17-37-28(25)35/h2*3-4,6-7,13-17H,9-12,18H2,1-2H3,(H2,36,38)(H,39,42);3-6,12-17H,8-11,18H2,1H3,(H2,35,37)(H,38,41). The molecule has 642 valence electrons. The number of pyridine rings is 6. The Bertz CT molecular complexity index is 6040. The Morgan fingerprint density at radius 2 is 0.664 bits per heavy atom. The summed E-state index contributed by atoms with van der Waals surface area (Å²) in [5.41, 5.74) is 19.6. The average Bonchev–Trinajstić information content (AvgIpc) is 0.821. The quantitative estimate of drug-likeness (QED) is 0.0490. The highest BCUT2D eigenvalue weighted by atomic mass is 19.4. The van der Waals surface area contributed by atoms with Gasteiger partial charge in [0.1, 0.15) is 34.9 Å². The molecule has 12 aromatic rings. The predicted molar refractivity (Wildman–Crippen MR) is 455 cm³/mol. The van der Waals surface area contributed by atoms with Gasteiger partial charge in [0.2, 0.25) is 0 Å². The molecule has 0 radical (unpaired) electrons. The van der Waals surface area contributed by atoms with Crippen LogP contribution in [0.2, 0.25) is 0 Å². The second-order valence-corrected chi connectivity index (χ2v) is 30.4. The Labute approximate surface area is 711 Å². The fraction of sp³-hybridized carbons (Fsp3) is 0.250. The van der Waals surface area contributed by atoms with Crippen molar-refractivity contribution in [1.29, 1.82) is 0 Å². The Morgan fingerprint density at radius 1 is 0.360 bits per heavy atom. The SMILES string of the molecule is CN1CCN(Cc2ccc(NC(=O)c3cncc(C#Cc4c(N)ncc5ccc(F)cc45)c3)cc2C(F)(F)F)CC1.Cc1ncc(C(=O)Nc2ccc(CN3CCN(C)CC3)c(C(F)(F)F)c2)cc1C#Cc1c(N)ncc2ccc(F)cc12.Cc1ncc(C(=O)Nc2ccc(CN3CCN(C)CC3)c(C(F)(F)F)c2)cc1C#Cc1c(N)ncc2ccc(F)cc12. The summed E-state index contributed by atoms with van der Waals surface area (Å²) in [6.45, 7) is 12.7. The number of hydrogen-bond donors (Lipinski definition) is 6. The van der Waals surface area contributed by atoms with Gasteiger partial charge in [0.15, 0.2) is 0 Å². The van der Waals surface area contributed by atoms with E-state index >= 15 is 0 Å². The predicted octanol–water partition coefficient (Wildman–Crippen LogP) is 14.9. The third kappa shape index (κ3) is 22.8. The molecule has 125 heavy (non-hydrogen) atoms. The highest BCUT2D eigenvalue weighted by molar-refractivity contribution is 6.06. The molecule has 9 N–H and O–H groups in total. The molecule has 15 rings (SSSR count). The minimum absolute atomic E-state index is 0.0116. The summed E-state index contributed by atoms with van der Waals surface area (Å²) in [4.78, 5) is 76.2. The second-order valence-electron chi connectivity index (χ2n) is 30.4. The number of halogens is 12. The summed E-state index contributed by atoms with van der Waals surface area (Å²) in [7, 11) is 5.94. The number of carbonyl (C=O) groups excluding carboxylic acids is 3. The monoisotopic (exact) mass is 1710 g/mol. The topological polar surface area (TPSA) is 262 Å². The largest absolute Gasteiger partial charge is 0.416 e. The number of hydrogen-bond acceptors (Lipinski definition) is 18. The molecule has 0 spiro atoms. The van der Waals surface area contributed by atoms with Crippen molar-refractivity contribution < 1.29 is 67.1 Å². The minimum Gasteiger partial charge on any atom is -0.383 e. The maximum absolute atomic E-state index is 14.0. The number of aromatic nitrogens is 6. The number of nitrogens with one attached hydrogen (secondary N) is 3. The van der Waals surface area contributed by atoms with Gasteiger partial charge in [-0.3, -0.25) is 44.0 Å². The van der Waals surface area contributed by atoms with E-state index in [1.807, 2.05) is 35.8 Å². The van der Waals surface area contributed by atoms with Gasteiger partial charge in [-0.2, -0.15) is 39.5 Å². The lowest BCUT2D eigenvalue weighted by atomic mass is 10.0. The van der Waals surface area contributed by atoms with Crippen molar-refractivity contribution in [3.05, 3.63) is 283 Å². The molecule has 3 aliphatic rings. The number of nitrogen functional groups attached to an aromatic ring is 3. The van der Waals surface area contributed by atoms with Crippen LogP contribution < -0.4 is 33.2 Å². The number of fused-ring (bicyclic) bond motifs is 3. The molecule has 0 saturated carbocycles. The highest BCUT2D eigenvalue weighted by Crippen LogP contribution is 2.39. The molecule has 0 aliphatic carbocycles. The van der Waals surface area contributed by atoms with Crippen molar-refractivity contribution in [2.24, 2.45) is 0 Å². The fourth-order valence-corrected chi connectivity index (χ4v) is 14.1. The summed E-state index contributed by atoms with van der Waals surface area (Å²) in [5, 5.41) is 11.1. The molecule has 9 heterocycles. The number of nitrogens with two attached hydrogens (primary N) is 3. The van der Waals surface area contributed by atoms with E-state index in [9.17, 15) is 67.1 Å². The van der Waals surface area contributed by atoms with Crippen molar-refractivity contribution in [3.8, 4) is 35.5 Å². The normalized spacial score (nSPS) is 14.4. The maximum Gasteiger partial charge on any atom is 0.416 e. The molecule has 0 atom stereocenters. The summed E-state index contributed by atoms with van der Waals surface area (Å²) >= 11 is 0. The van der Waals surface area contributed by atoms with Crippen LogP contribution >= 0.6 is 0 Å². The lowest BCUT2D eigenvalue weighted by Crippen LogP contribution is -2.44. The van der Waals surface area contributed by atoms with Crippen molar-refractivity contribution >= 4 is 84.6 Å². The van der Waals surface area contributed by atoms with Gasteiger partial charge >= 0.3 is 18.5 Å². The first-order valence-corrected chi connectivity index (χ1v) is 39.2. The van der Waals surface area contributed by atoms with E-state index in [0.29, 0.717) is 116 Å². The van der Waals surface area contributed by atoms with Crippen LogP contribution in [-0.4, -0.2) is 177 Å². The van der Waals surface area contributed by atoms with E-state index in [2.05, 4.69) is 96.1 Å². The maximum atomic E-state index is 14.0. The third-order valence-corrected chi connectivity index (χ3v) is 21.3. The van der Waals surface area contributed by atoms with Crippen molar-refractivity contribution in [2.45, 2.75) is 52.0 Å². The van der Waals surface area contributed by atoms with E-state index in [1.165, 1.54) is 134 Å². The number of rotatable bonds is 12. The average molecular weight is 1720 g/mol. The number of benzene rings is 6. The van der Waals surface area contributed by atoms with Gasteiger partial charge in [-0.15, -0.1) is 0 Å². The Kier molecular flexibility index (Phi) is 27.4. The van der Waals surface area contributed by atoms with Gasteiger partial charge in [0.25, 0.3) is 17.7 Å². The first-order valence-electron chi connectivity index (χ1n) is 39.2. The number of likely N-dealkylation sites (N-methyl/N-ethyl adjacent to an activating group) is 3. The molecule has 3 aliphatic heterocycles. The zero-order valence-electron chi connectivity index (χ0n) is 68.1. The Hall–Kier alpha value is -13.6. The molecule has 0 bridgehead atoms. The molecule has 3 saturated heterocycles. The summed E-state index contributed by atoms with van der Waals surface area (Å²) < 4.78 is 167. The van der Waals surface area contributed by atoms with Crippen LogP contribution in [0.4, 0.5) is 87.2 Å². The van der Waals surface area contributed by atoms with E-state index < -0.39 is 70.4 Å². The first kappa shape index (κ1) is 89.2. The van der Waals surface area contributed by atoms with E-state index in [4.69, 9.17) is 17.2 Å². The van der Waals surface area contributed by atoms with Crippen LogP contribution in [0.15, 0.2) is 171 Å². The molecular formula is C92H82F12N18O3. The number of carbonyl (C=O) groups is 3. The second kappa shape index (κ2) is 38.4. The number of anilines is 6. The highest BCUT2D eigenvalue weighted by Gasteiger charge is 2.38. The van der Waals surface area contributed by atoms with Crippen LogP contribution in [0.25, 0.3) is 32.3 Å². The summed E-state index contributed by atoms with van der Waals surface area (Å²) in [5.74, 6) is 14.5. The molecule has 6 aromatic carbocycles. The number of aryl methyl sites for hydroxylation is 2. The minimum atomic E-state index is -4.59. The van der Waals surface area contributed by atoms with E-state index in [0.717, 1.165) is 57.5 Å². The van der Waals surface area contributed by atoms with E-state index in [-0.39, 0.29) is 87.5 Å². The van der Waals surface area contributed by atoms with Crippen LogP contribution in [0.5, 0.6) is 0 Å². The third-order valence-electron chi connectivity index (χ3n) is 21.3. The van der Waals surface area contributed by atoms with Crippen LogP contribution in [0.1, 0.15) is 109 Å². The van der Waals surface area contributed by atoms with Gasteiger partial charge in [0.05, 0.1) is 61.5 Å². The molecule has 33 heteroatoms. The van der Waals surface area contributed by atoms with Crippen molar-refractivity contribution in [3.63, 3.8) is 0 Å². The van der Waals surface area contributed by atoms with Crippen molar-refractivity contribution in [2.75, 3.05) is 133 Å². The molecule has 6 aromatic heterocycles. The smallest absolute Gasteiger partial charge is 0.383 e. The van der Waals surface area contributed by atoms with Gasteiger partial charge < -0.3 is 47.9 Å². The van der Waals surface area contributed by atoms with Crippen LogP contribution in [-0.2, 0) is 38.2 Å². The summed E-state index contributed by atoms with van der Waals surface area (Å²) in [6, 6.07) is 28.5. The lowest BCUT2D eigenvalue weighted by Gasteiger charge is -2.33. The number of piperazine rings is 3. The molecular weight excluding hydrogens is 1630 g/mol. The van der Waals surface area contributed by atoms with Crippen LogP contribution in [0.3, 0.4) is 0 Å². The lowest BCUT2D eigenvalue weighted by molar-refractivity contribution is -0.139. The molecule has 3 fully saturated rings. The summed E-state index contributed by atoms with van der Waals surface area (Å²) in [6.07, 6.45) is -3.82. The van der Waals surface area contributed by atoms with Crippen molar-refractivity contribution in [1.82, 2.24) is 59.3 Å². The van der Waals surface area contributed by atoms with Gasteiger partial charge in [-0.25, -0.2) is 28.1 Å². The van der Waals surface area contributed by atoms with Gasteiger partial charge in [0, 0.05) is 208 Å².